The molecule has 2 bridgehead atoms. The van der Waals surface area contributed by atoms with E-state index < -0.39 is 11.7 Å². The van der Waals surface area contributed by atoms with Crippen LogP contribution in [0.25, 0.3) is 0 Å². The first-order chi connectivity index (χ1) is 14.9. The van der Waals surface area contributed by atoms with Crippen LogP contribution in [0, 0.1) is 5.92 Å². The van der Waals surface area contributed by atoms with Gasteiger partial charge in [0, 0.05) is 56.1 Å². The van der Waals surface area contributed by atoms with Gasteiger partial charge in [-0.05, 0) is 56.5 Å². The Balaban J connectivity index is 1.30. The normalized spacial score (nSPS) is 24.4. The maximum Gasteiger partial charge on any atom is 0.417 e. The number of alkyl halides is 3. The highest BCUT2D eigenvalue weighted by atomic mass is 19.4. The van der Waals surface area contributed by atoms with E-state index in [-0.39, 0.29) is 11.5 Å². The molecule has 2 fully saturated rings. The summed E-state index contributed by atoms with van der Waals surface area (Å²) in [5.41, 5.74) is 2.06. The molecule has 0 saturated carbocycles. The van der Waals surface area contributed by atoms with Crippen LogP contribution in [-0.2, 0) is 25.8 Å². The number of hydrogen-bond acceptors (Lipinski definition) is 4. The lowest BCUT2D eigenvalue weighted by Gasteiger charge is -2.43. The van der Waals surface area contributed by atoms with Crippen molar-refractivity contribution in [3.63, 3.8) is 0 Å². The summed E-state index contributed by atoms with van der Waals surface area (Å²) in [5, 5.41) is 0. The molecule has 2 saturated heterocycles. The fourth-order valence-electron chi connectivity index (χ4n) is 5.44. The van der Waals surface area contributed by atoms with E-state index in [1.807, 2.05) is 10.6 Å². The molecule has 5 nitrogen and oxygen atoms in total. The van der Waals surface area contributed by atoms with Crippen molar-refractivity contribution in [2.45, 2.75) is 51.0 Å². The van der Waals surface area contributed by atoms with Crippen LogP contribution in [0.3, 0.4) is 0 Å². The molecule has 0 aromatic carbocycles. The van der Waals surface area contributed by atoms with Crippen molar-refractivity contribution in [3.8, 4) is 0 Å². The maximum atomic E-state index is 13.1. The van der Waals surface area contributed by atoms with Gasteiger partial charge < -0.3 is 4.57 Å². The Morgan fingerprint density at radius 3 is 2.48 bits per heavy atom. The number of nitrogens with zero attached hydrogens (tertiary/aromatic N) is 4. The highest BCUT2D eigenvalue weighted by Gasteiger charge is 2.35. The molecule has 0 aliphatic carbocycles. The number of fused-ring (bicyclic) bond motifs is 4. The highest BCUT2D eigenvalue weighted by Crippen LogP contribution is 2.36. The van der Waals surface area contributed by atoms with Crippen molar-refractivity contribution in [2.24, 2.45) is 5.92 Å². The van der Waals surface area contributed by atoms with Gasteiger partial charge in [-0.3, -0.25) is 19.6 Å². The van der Waals surface area contributed by atoms with Gasteiger partial charge in [0.2, 0.25) is 0 Å². The smallest absolute Gasteiger partial charge is 0.312 e. The summed E-state index contributed by atoms with van der Waals surface area (Å²) in [6.45, 7) is 5.75. The molecule has 166 valence electrons. The van der Waals surface area contributed by atoms with Crippen LogP contribution in [-0.4, -0.2) is 45.5 Å². The minimum Gasteiger partial charge on any atom is -0.312 e. The van der Waals surface area contributed by atoms with Crippen LogP contribution in [0.1, 0.15) is 47.7 Å². The van der Waals surface area contributed by atoms with E-state index >= 15 is 0 Å². The average molecular weight is 432 g/mol. The van der Waals surface area contributed by atoms with E-state index in [4.69, 9.17) is 0 Å². The molecule has 2 atom stereocenters. The van der Waals surface area contributed by atoms with E-state index in [1.54, 1.807) is 0 Å². The molecule has 8 heteroatoms. The van der Waals surface area contributed by atoms with Crippen molar-refractivity contribution in [2.75, 3.05) is 26.2 Å². The zero-order valence-corrected chi connectivity index (χ0v) is 17.4. The van der Waals surface area contributed by atoms with Crippen molar-refractivity contribution < 1.29 is 13.2 Å². The first kappa shape index (κ1) is 20.7. The van der Waals surface area contributed by atoms with Crippen LogP contribution in [0.4, 0.5) is 13.2 Å². The second kappa shape index (κ2) is 8.06. The summed E-state index contributed by atoms with van der Waals surface area (Å²) in [5.74, 6) is 0.649. The molecule has 5 heterocycles. The summed E-state index contributed by atoms with van der Waals surface area (Å²) in [4.78, 5) is 21.8. The highest BCUT2D eigenvalue weighted by molar-refractivity contribution is 5.23. The molecule has 0 spiro atoms. The van der Waals surface area contributed by atoms with Gasteiger partial charge >= 0.3 is 6.18 Å². The number of pyridine rings is 2. The quantitative estimate of drug-likeness (QED) is 0.742. The lowest BCUT2D eigenvalue weighted by Crippen LogP contribution is -2.47. The second-order valence-electron chi connectivity index (χ2n) is 9.21. The first-order valence-corrected chi connectivity index (χ1v) is 11.1. The van der Waals surface area contributed by atoms with Crippen LogP contribution in [0.2, 0.25) is 0 Å². The van der Waals surface area contributed by atoms with Crippen LogP contribution >= 0.6 is 0 Å². The summed E-state index contributed by atoms with van der Waals surface area (Å²) in [6.07, 6.45) is 0.0249. The molecule has 0 radical (unpaired) electrons. The van der Waals surface area contributed by atoms with E-state index in [1.165, 1.54) is 18.9 Å². The standard InChI is InChI=1S/C23H27F3N4O/c24-23(25,26)19-4-5-20(27-10-19)15-29-11-16-9-18(14-29)21-6-3-17(22(31)30(21)12-16)13-28-7-1-2-8-28/h3-6,10,16,18H,1-2,7-9,11-15H2/t16-,18+/m0/s1. The van der Waals surface area contributed by atoms with Crippen molar-refractivity contribution in [1.29, 1.82) is 0 Å². The Kier molecular flexibility index (Phi) is 5.38. The van der Waals surface area contributed by atoms with Gasteiger partial charge in [0.05, 0.1) is 11.3 Å². The molecular weight excluding hydrogens is 405 g/mol. The molecule has 0 N–H and O–H groups in total. The van der Waals surface area contributed by atoms with Crippen molar-refractivity contribution in [1.82, 2.24) is 19.4 Å². The molecule has 31 heavy (non-hydrogen) atoms. The average Bonchev–Trinajstić information content (AvgIpc) is 3.23. The fourth-order valence-corrected chi connectivity index (χ4v) is 5.44. The molecule has 3 aliphatic heterocycles. The second-order valence-corrected chi connectivity index (χ2v) is 9.21. The maximum absolute atomic E-state index is 13.1. The minimum absolute atomic E-state index is 0.150. The number of halogens is 3. The third-order valence-corrected chi connectivity index (χ3v) is 6.89. The van der Waals surface area contributed by atoms with Crippen LogP contribution in [0.15, 0.2) is 35.3 Å². The first-order valence-electron chi connectivity index (χ1n) is 11.1. The Morgan fingerprint density at radius 2 is 1.77 bits per heavy atom. The predicted molar refractivity (Wildman–Crippen MR) is 111 cm³/mol. The van der Waals surface area contributed by atoms with E-state index in [0.717, 1.165) is 69.2 Å². The van der Waals surface area contributed by atoms with Crippen molar-refractivity contribution in [3.05, 3.63) is 63.3 Å². The molecule has 0 unspecified atom stereocenters. The molecule has 3 aliphatic rings. The third kappa shape index (κ3) is 4.28. The van der Waals surface area contributed by atoms with Gasteiger partial charge in [0.25, 0.3) is 5.56 Å². The summed E-state index contributed by atoms with van der Waals surface area (Å²) >= 11 is 0. The zero-order chi connectivity index (χ0) is 21.6. The Hall–Kier alpha value is -2.19. The number of rotatable bonds is 4. The minimum atomic E-state index is -4.36. The molecule has 0 amide bonds. The fraction of sp³-hybridized carbons (Fsp3) is 0.565. The van der Waals surface area contributed by atoms with Crippen molar-refractivity contribution >= 4 is 0 Å². The number of piperidine rings is 1. The number of hydrogen-bond donors (Lipinski definition) is 0. The predicted octanol–water partition coefficient (Wildman–Crippen LogP) is 3.48. The molecule has 5 rings (SSSR count). The van der Waals surface area contributed by atoms with E-state index in [9.17, 15) is 18.0 Å². The third-order valence-electron chi connectivity index (χ3n) is 6.89. The van der Waals surface area contributed by atoms with Crippen LogP contribution < -0.4 is 5.56 Å². The van der Waals surface area contributed by atoms with E-state index in [0.29, 0.717) is 18.2 Å². The SMILES string of the molecule is O=c1c(CN2CCCC2)ccc2n1C[C@H]1C[C@@H]2CN(Cc2ccc(C(F)(F)F)cn2)C1. The van der Waals surface area contributed by atoms with Gasteiger partial charge in [0.1, 0.15) is 0 Å². The van der Waals surface area contributed by atoms with Gasteiger partial charge in [-0.25, -0.2) is 0 Å². The Labute approximate surface area is 179 Å². The van der Waals surface area contributed by atoms with Gasteiger partial charge in [0.15, 0.2) is 0 Å². The van der Waals surface area contributed by atoms with Gasteiger partial charge in [-0.2, -0.15) is 13.2 Å². The van der Waals surface area contributed by atoms with E-state index in [2.05, 4.69) is 20.9 Å². The lowest BCUT2D eigenvalue weighted by atomic mass is 9.83. The molecule has 2 aromatic rings. The van der Waals surface area contributed by atoms with Gasteiger partial charge in [-0.15, -0.1) is 0 Å². The lowest BCUT2D eigenvalue weighted by molar-refractivity contribution is -0.137. The largest absolute Gasteiger partial charge is 0.417 e. The number of likely N-dealkylation sites (tertiary alicyclic amines) is 2. The Bertz CT molecular complexity index is 995. The molecular formula is C23H27F3N4O. The Morgan fingerprint density at radius 1 is 0.968 bits per heavy atom. The summed E-state index contributed by atoms with van der Waals surface area (Å²) < 4.78 is 40.3. The van der Waals surface area contributed by atoms with Gasteiger partial charge in [-0.1, -0.05) is 6.07 Å². The summed E-state index contributed by atoms with van der Waals surface area (Å²) in [6, 6.07) is 6.69. The molecule has 2 aromatic heterocycles. The zero-order valence-electron chi connectivity index (χ0n) is 17.4. The monoisotopic (exact) mass is 432 g/mol. The number of aromatic nitrogens is 2. The summed E-state index contributed by atoms with van der Waals surface area (Å²) in [7, 11) is 0. The van der Waals surface area contributed by atoms with Crippen LogP contribution in [0.5, 0.6) is 0 Å². The topological polar surface area (TPSA) is 41.4 Å².